The molecule has 0 bridgehead atoms. The van der Waals surface area contributed by atoms with Gasteiger partial charge in [0.25, 0.3) is 0 Å². The molecule has 0 spiro atoms. The van der Waals surface area contributed by atoms with Gasteiger partial charge in [-0.25, -0.2) is 0 Å². The summed E-state index contributed by atoms with van der Waals surface area (Å²) in [6.07, 6.45) is 6.49. The summed E-state index contributed by atoms with van der Waals surface area (Å²) < 4.78 is 5.69. The van der Waals surface area contributed by atoms with Crippen LogP contribution in [-0.4, -0.2) is 26.1 Å². The smallest absolute Gasteiger partial charge is 0.183 e. The molecular weight excluding hydrogens is 192 g/mol. The first-order valence-corrected chi connectivity index (χ1v) is 8.91. The van der Waals surface area contributed by atoms with Gasteiger partial charge in [0.05, 0.1) is 12.7 Å². The molecule has 14 heavy (non-hydrogen) atoms. The predicted molar refractivity (Wildman–Crippen MR) is 61.9 cm³/mol. The molecule has 0 saturated heterocycles. The first-order chi connectivity index (χ1) is 6.49. The molecule has 0 aromatic carbocycles. The van der Waals surface area contributed by atoms with Crippen molar-refractivity contribution < 1.29 is 9.53 Å². The fraction of sp³-hybridized carbons (Fsp3) is 0.818. The standard InChI is InChI=1S/C11H22O2Si/c1-14(2,3)13-9-11(12)10-7-5-4-6-8-10/h7,11-12H,4-6,8-9H2,1-3H3. The second-order valence-corrected chi connectivity index (χ2v) is 9.48. The summed E-state index contributed by atoms with van der Waals surface area (Å²) in [5.41, 5.74) is 1.19. The lowest BCUT2D eigenvalue weighted by atomic mass is 9.96. The van der Waals surface area contributed by atoms with Crippen LogP contribution in [-0.2, 0) is 4.43 Å². The van der Waals surface area contributed by atoms with Gasteiger partial charge >= 0.3 is 0 Å². The lowest BCUT2D eigenvalue weighted by molar-refractivity contribution is 0.127. The van der Waals surface area contributed by atoms with E-state index >= 15 is 0 Å². The molecule has 0 saturated carbocycles. The van der Waals surface area contributed by atoms with Gasteiger partial charge in [-0.15, -0.1) is 0 Å². The number of aliphatic hydroxyl groups is 1. The Morgan fingerprint density at radius 3 is 2.64 bits per heavy atom. The van der Waals surface area contributed by atoms with Crippen molar-refractivity contribution in [3.05, 3.63) is 11.6 Å². The van der Waals surface area contributed by atoms with Crippen molar-refractivity contribution in [2.24, 2.45) is 0 Å². The number of allylic oxidation sites excluding steroid dienone is 1. The Balaban J connectivity index is 2.34. The number of hydrogen-bond acceptors (Lipinski definition) is 2. The van der Waals surface area contributed by atoms with Gasteiger partial charge < -0.3 is 9.53 Å². The zero-order valence-electron chi connectivity index (χ0n) is 9.55. The average Bonchev–Trinajstić information content (AvgIpc) is 2.14. The Kier molecular flexibility index (Phi) is 4.35. The van der Waals surface area contributed by atoms with E-state index in [0.29, 0.717) is 6.61 Å². The van der Waals surface area contributed by atoms with Gasteiger partial charge in [-0.05, 0) is 50.9 Å². The fourth-order valence-electron chi connectivity index (χ4n) is 1.60. The Morgan fingerprint density at radius 2 is 2.14 bits per heavy atom. The van der Waals surface area contributed by atoms with Crippen LogP contribution < -0.4 is 0 Å². The second kappa shape index (κ2) is 5.10. The SMILES string of the molecule is C[Si](C)(C)OCC(O)C1=CCCCC1. The normalized spacial score (nSPS) is 20.4. The highest BCUT2D eigenvalue weighted by atomic mass is 28.4. The van der Waals surface area contributed by atoms with E-state index in [9.17, 15) is 5.11 Å². The van der Waals surface area contributed by atoms with Gasteiger partial charge in [-0.3, -0.25) is 0 Å². The van der Waals surface area contributed by atoms with Crippen molar-refractivity contribution in [2.45, 2.75) is 51.4 Å². The van der Waals surface area contributed by atoms with Crippen LogP contribution in [0.5, 0.6) is 0 Å². The maximum absolute atomic E-state index is 9.87. The Hall–Kier alpha value is -0.123. The molecular formula is C11H22O2Si. The Labute approximate surface area is 88.1 Å². The van der Waals surface area contributed by atoms with Gasteiger partial charge in [-0.1, -0.05) is 6.08 Å². The van der Waals surface area contributed by atoms with Crippen LogP contribution in [0.25, 0.3) is 0 Å². The molecule has 0 radical (unpaired) electrons. The van der Waals surface area contributed by atoms with Crippen LogP contribution in [0, 0.1) is 0 Å². The number of aliphatic hydroxyl groups excluding tert-OH is 1. The van der Waals surface area contributed by atoms with Crippen molar-refractivity contribution in [1.29, 1.82) is 0 Å². The molecule has 2 nitrogen and oxygen atoms in total. The van der Waals surface area contributed by atoms with E-state index in [0.717, 1.165) is 12.8 Å². The zero-order valence-corrected chi connectivity index (χ0v) is 10.5. The van der Waals surface area contributed by atoms with E-state index in [1.807, 2.05) is 0 Å². The van der Waals surface area contributed by atoms with E-state index in [1.54, 1.807) is 0 Å². The summed E-state index contributed by atoms with van der Waals surface area (Å²) in [6.45, 7) is 6.93. The molecule has 1 rings (SSSR count). The Morgan fingerprint density at radius 1 is 1.43 bits per heavy atom. The third kappa shape index (κ3) is 4.40. The summed E-state index contributed by atoms with van der Waals surface area (Å²) in [5, 5.41) is 9.87. The Bertz CT molecular complexity index is 206. The molecule has 1 aliphatic rings. The lowest BCUT2D eigenvalue weighted by Crippen LogP contribution is -2.31. The molecule has 0 aliphatic heterocycles. The highest BCUT2D eigenvalue weighted by molar-refractivity contribution is 6.69. The highest BCUT2D eigenvalue weighted by Crippen LogP contribution is 2.21. The van der Waals surface area contributed by atoms with Gasteiger partial charge in [0.2, 0.25) is 0 Å². The molecule has 1 aliphatic carbocycles. The molecule has 82 valence electrons. The van der Waals surface area contributed by atoms with Crippen LogP contribution in [0.3, 0.4) is 0 Å². The van der Waals surface area contributed by atoms with E-state index in [2.05, 4.69) is 25.7 Å². The quantitative estimate of drug-likeness (QED) is 0.576. The van der Waals surface area contributed by atoms with Gasteiger partial charge in [0, 0.05) is 0 Å². The fourth-order valence-corrected chi connectivity index (χ4v) is 2.26. The first kappa shape index (κ1) is 11.9. The van der Waals surface area contributed by atoms with Crippen molar-refractivity contribution in [3.8, 4) is 0 Å². The average molecular weight is 214 g/mol. The van der Waals surface area contributed by atoms with Crippen LogP contribution in [0.15, 0.2) is 11.6 Å². The van der Waals surface area contributed by atoms with Crippen molar-refractivity contribution in [1.82, 2.24) is 0 Å². The van der Waals surface area contributed by atoms with Gasteiger partial charge in [0.15, 0.2) is 8.32 Å². The molecule has 0 amide bonds. The largest absolute Gasteiger partial charge is 0.415 e. The van der Waals surface area contributed by atoms with E-state index in [4.69, 9.17) is 4.43 Å². The number of rotatable bonds is 4. The highest BCUT2D eigenvalue weighted by Gasteiger charge is 2.19. The third-order valence-electron chi connectivity index (χ3n) is 2.43. The van der Waals surface area contributed by atoms with Crippen molar-refractivity contribution >= 4 is 8.32 Å². The number of hydrogen-bond donors (Lipinski definition) is 1. The van der Waals surface area contributed by atoms with Gasteiger partial charge in [-0.2, -0.15) is 0 Å². The summed E-state index contributed by atoms with van der Waals surface area (Å²) in [4.78, 5) is 0. The molecule has 0 aromatic rings. The maximum Gasteiger partial charge on any atom is 0.183 e. The predicted octanol–water partition coefficient (Wildman–Crippen LogP) is 2.70. The molecule has 1 N–H and O–H groups in total. The molecule has 0 fully saturated rings. The van der Waals surface area contributed by atoms with Crippen LogP contribution in [0.2, 0.25) is 19.6 Å². The summed E-state index contributed by atoms with van der Waals surface area (Å²) in [7, 11) is -1.47. The van der Waals surface area contributed by atoms with E-state index < -0.39 is 8.32 Å². The minimum absolute atomic E-state index is 0.359. The van der Waals surface area contributed by atoms with Crippen LogP contribution in [0.4, 0.5) is 0 Å². The maximum atomic E-state index is 9.87. The summed E-state index contributed by atoms with van der Waals surface area (Å²) >= 11 is 0. The molecule has 1 atom stereocenters. The van der Waals surface area contributed by atoms with Crippen LogP contribution in [0.1, 0.15) is 25.7 Å². The first-order valence-electron chi connectivity index (χ1n) is 5.50. The monoisotopic (exact) mass is 214 g/mol. The van der Waals surface area contributed by atoms with Crippen molar-refractivity contribution in [2.75, 3.05) is 6.61 Å². The van der Waals surface area contributed by atoms with E-state index in [-0.39, 0.29) is 6.10 Å². The zero-order chi connectivity index (χ0) is 10.6. The third-order valence-corrected chi connectivity index (χ3v) is 3.46. The minimum atomic E-state index is -1.47. The summed E-state index contributed by atoms with van der Waals surface area (Å²) in [6, 6.07) is 0. The molecule has 0 heterocycles. The second-order valence-electron chi connectivity index (χ2n) is 4.96. The summed E-state index contributed by atoms with van der Waals surface area (Å²) in [5.74, 6) is 0. The molecule has 0 aromatic heterocycles. The van der Waals surface area contributed by atoms with Crippen LogP contribution >= 0.6 is 0 Å². The van der Waals surface area contributed by atoms with Crippen molar-refractivity contribution in [3.63, 3.8) is 0 Å². The molecule has 3 heteroatoms. The minimum Gasteiger partial charge on any atom is -0.415 e. The topological polar surface area (TPSA) is 29.5 Å². The van der Waals surface area contributed by atoms with Gasteiger partial charge in [0.1, 0.15) is 0 Å². The van der Waals surface area contributed by atoms with E-state index in [1.165, 1.54) is 18.4 Å². The lowest BCUT2D eigenvalue weighted by Gasteiger charge is -2.23. The molecule has 1 unspecified atom stereocenters.